The summed E-state index contributed by atoms with van der Waals surface area (Å²) in [6.45, 7) is 3.56. The number of benzene rings is 2. The Morgan fingerprint density at radius 1 is 1.27 bits per heavy atom. The molecule has 4 rings (SSSR count). The van der Waals surface area contributed by atoms with E-state index >= 15 is 0 Å². The zero-order valence-electron chi connectivity index (χ0n) is 14.7. The number of H-pyrrole nitrogens is 1. The highest BCUT2D eigenvalue weighted by Crippen LogP contribution is 2.30. The summed E-state index contributed by atoms with van der Waals surface area (Å²) in [5.41, 5.74) is 4.50. The van der Waals surface area contributed by atoms with E-state index in [-0.39, 0.29) is 5.91 Å². The molecule has 1 aliphatic heterocycles. The molecule has 0 saturated carbocycles. The van der Waals surface area contributed by atoms with Crippen LogP contribution in [0.3, 0.4) is 0 Å². The molecule has 1 N–H and O–H groups in total. The van der Waals surface area contributed by atoms with Crippen LogP contribution in [0.1, 0.15) is 23.7 Å². The molecule has 3 aromatic rings. The number of halogens is 1. The Hall–Kier alpha value is -2.30. The van der Waals surface area contributed by atoms with E-state index in [9.17, 15) is 4.79 Å². The number of fused-ring (bicyclic) bond motifs is 3. The minimum absolute atomic E-state index is 0.0305. The van der Waals surface area contributed by atoms with Gasteiger partial charge >= 0.3 is 0 Å². The van der Waals surface area contributed by atoms with Crippen molar-refractivity contribution in [3.8, 4) is 0 Å². The average Bonchev–Trinajstić information content (AvgIpc) is 3.03. The topological polar surface area (TPSA) is 45.3 Å². The SMILES string of the molecule is CC(OCc1ccccc1)C(=O)N1CCc2[nH]c3ccc(Cl)cc3c2C1. The summed E-state index contributed by atoms with van der Waals surface area (Å²) >= 11 is 6.15. The van der Waals surface area contributed by atoms with Gasteiger partial charge in [0.15, 0.2) is 0 Å². The van der Waals surface area contributed by atoms with Crippen molar-refractivity contribution >= 4 is 28.4 Å². The standard InChI is InChI=1S/C21H21ClN2O2/c1-14(26-13-15-5-3-2-4-6-15)21(25)24-10-9-20-18(12-24)17-11-16(22)7-8-19(17)23-20/h2-8,11,14,23H,9-10,12-13H2,1H3. The minimum Gasteiger partial charge on any atom is -0.364 e. The van der Waals surface area contributed by atoms with Crippen molar-refractivity contribution in [2.75, 3.05) is 6.54 Å². The molecule has 1 amide bonds. The lowest BCUT2D eigenvalue weighted by Crippen LogP contribution is -2.41. The molecule has 1 aromatic heterocycles. The second-order valence-electron chi connectivity index (χ2n) is 6.72. The molecule has 0 aliphatic carbocycles. The van der Waals surface area contributed by atoms with Gasteiger partial charge in [-0.25, -0.2) is 0 Å². The van der Waals surface area contributed by atoms with Crippen LogP contribution in [0.2, 0.25) is 5.02 Å². The summed E-state index contributed by atoms with van der Waals surface area (Å²) in [6, 6.07) is 15.8. The molecule has 2 aromatic carbocycles. The Kier molecular flexibility index (Phi) is 4.70. The Labute approximate surface area is 157 Å². The molecule has 26 heavy (non-hydrogen) atoms. The maximum Gasteiger partial charge on any atom is 0.251 e. The summed E-state index contributed by atoms with van der Waals surface area (Å²) in [5, 5.41) is 1.81. The zero-order chi connectivity index (χ0) is 18.1. The van der Waals surface area contributed by atoms with Gasteiger partial charge in [-0.15, -0.1) is 0 Å². The fraction of sp³-hybridized carbons (Fsp3) is 0.286. The van der Waals surface area contributed by atoms with Crippen molar-refractivity contribution in [3.05, 3.63) is 70.4 Å². The van der Waals surface area contributed by atoms with Gasteiger partial charge in [-0.2, -0.15) is 0 Å². The molecule has 1 aliphatic rings. The normalized spacial score (nSPS) is 15.1. The number of aromatic amines is 1. The third-order valence-corrected chi connectivity index (χ3v) is 5.17. The number of hydrogen-bond donors (Lipinski definition) is 1. The van der Waals surface area contributed by atoms with Crippen LogP contribution in [0.5, 0.6) is 0 Å². The number of nitrogens with one attached hydrogen (secondary N) is 1. The maximum absolute atomic E-state index is 12.8. The summed E-state index contributed by atoms with van der Waals surface area (Å²) < 4.78 is 5.80. The van der Waals surface area contributed by atoms with E-state index in [0.29, 0.717) is 24.7 Å². The lowest BCUT2D eigenvalue weighted by molar-refractivity contribution is -0.144. The predicted molar refractivity (Wildman–Crippen MR) is 103 cm³/mol. The van der Waals surface area contributed by atoms with E-state index in [0.717, 1.165) is 28.5 Å². The fourth-order valence-corrected chi connectivity index (χ4v) is 3.67. The highest BCUT2D eigenvalue weighted by atomic mass is 35.5. The van der Waals surface area contributed by atoms with E-state index in [1.165, 1.54) is 5.69 Å². The number of ether oxygens (including phenoxy) is 1. The number of carbonyl (C=O) groups is 1. The minimum atomic E-state index is -0.467. The lowest BCUT2D eigenvalue weighted by Gasteiger charge is -2.29. The van der Waals surface area contributed by atoms with Gasteiger partial charge in [-0.1, -0.05) is 41.9 Å². The molecule has 0 bridgehead atoms. The van der Waals surface area contributed by atoms with Crippen molar-refractivity contribution < 1.29 is 9.53 Å². The molecule has 4 nitrogen and oxygen atoms in total. The maximum atomic E-state index is 12.8. The Balaban J connectivity index is 1.46. The van der Waals surface area contributed by atoms with E-state index in [4.69, 9.17) is 16.3 Å². The highest BCUT2D eigenvalue weighted by Gasteiger charge is 2.27. The van der Waals surface area contributed by atoms with E-state index < -0.39 is 6.10 Å². The first-order valence-electron chi connectivity index (χ1n) is 8.85. The quantitative estimate of drug-likeness (QED) is 0.745. The van der Waals surface area contributed by atoms with Crippen molar-refractivity contribution in [3.63, 3.8) is 0 Å². The van der Waals surface area contributed by atoms with Crippen LogP contribution < -0.4 is 0 Å². The van der Waals surface area contributed by atoms with Gasteiger partial charge in [0.2, 0.25) is 0 Å². The summed E-state index contributed by atoms with van der Waals surface area (Å²) in [5.74, 6) is 0.0305. The molecule has 0 spiro atoms. The van der Waals surface area contributed by atoms with Crippen LogP contribution in [0.25, 0.3) is 10.9 Å². The van der Waals surface area contributed by atoms with Crippen molar-refractivity contribution in [2.45, 2.75) is 32.6 Å². The number of carbonyl (C=O) groups excluding carboxylic acids is 1. The molecule has 1 unspecified atom stereocenters. The van der Waals surface area contributed by atoms with Crippen LogP contribution in [-0.4, -0.2) is 28.4 Å². The van der Waals surface area contributed by atoms with Crippen molar-refractivity contribution in [2.24, 2.45) is 0 Å². The molecule has 0 fully saturated rings. The third kappa shape index (κ3) is 3.35. The van der Waals surface area contributed by atoms with Gasteiger partial charge in [-0.3, -0.25) is 4.79 Å². The van der Waals surface area contributed by atoms with Crippen LogP contribution in [-0.2, 0) is 29.1 Å². The van der Waals surface area contributed by atoms with Crippen LogP contribution >= 0.6 is 11.6 Å². The second-order valence-corrected chi connectivity index (χ2v) is 7.16. The monoisotopic (exact) mass is 368 g/mol. The van der Waals surface area contributed by atoms with Crippen molar-refractivity contribution in [1.82, 2.24) is 9.88 Å². The van der Waals surface area contributed by atoms with Gasteiger partial charge in [-0.05, 0) is 30.7 Å². The Morgan fingerprint density at radius 2 is 2.08 bits per heavy atom. The van der Waals surface area contributed by atoms with Crippen molar-refractivity contribution in [1.29, 1.82) is 0 Å². The van der Waals surface area contributed by atoms with E-state index in [1.54, 1.807) is 0 Å². The number of nitrogens with zero attached hydrogens (tertiary/aromatic N) is 1. The number of amides is 1. The second kappa shape index (κ2) is 7.14. The molecular formula is C21H21ClN2O2. The smallest absolute Gasteiger partial charge is 0.251 e. The summed E-state index contributed by atoms with van der Waals surface area (Å²) in [6.07, 6.45) is 0.351. The molecule has 0 radical (unpaired) electrons. The Bertz CT molecular complexity index is 936. The summed E-state index contributed by atoms with van der Waals surface area (Å²) in [4.78, 5) is 18.2. The van der Waals surface area contributed by atoms with Gasteiger partial charge < -0.3 is 14.6 Å². The third-order valence-electron chi connectivity index (χ3n) is 4.94. The van der Waals surface area contributed by atoms with Crippen LogP contribution in [0, 0.1) is 0 Å². The van der Waals surface area contributed by atoms with Gasteiger partial charge in [0.05, 0.1) is 6.61 Å². The first kappa shape index (κ1) is 17.1. The summed E-state index contributed by atoms with van der Waals surface area (Å²) in [7, 11) is 0. The van der Waals surface area contributed by atoms with Crippen LogP contribution in [0.15, 0.2) is 48.5 Å². The number of aromatic nitrogens is 1. The Morgan fingerprint density at radius 3 is 2.88 bits per heavy atom. The molecular weight excluding hydrogens is 348 g/mol. The molecule has 1 atom stereocenters. The average molecular weight is 369 g/mol. The molecule has 2 heterocycles. The van der Waals surface area contributed by atoms with Crippen LogP contribution in [0.4, 0.5) is 0 Å². The number of rotatable bonds is 4. The molecule has 5 heteroatoms. The van der Waals surface area contributed by atoms with E-state index in [2.05, 4.69) is 4.98 Å². The largest absolute Gasteiger partial charge is 0.364 e. The highest BCUT2D eigenvalue weighted by molar-refractivity contribution is 6.31. The molecule has 0 saturated heterocycles. The first-order chi connectivity index (χ1) is 12.6. The first-order valence-corrected chi connectivity index (χ1v) is 9.23. The molecule has 134 valence electrons. The zero-order valence-corrected chi connectivity index (χ0v) is 15.4. The van der Waals surface area contributed by atoms with Gasteiger partial charge in [0.25, 0.3) is 5.91 Å². The van der Waals surface area contributed by atoms with E-state index in [1.807, 2.05) is 60.4 Å². The van der Waals surface area contributed by atoms with Gasteiger partial charge in [0.1, 0.15) is 6.10 Å². The lowest BCUT2D eigenvalue weighted by atomic mass is 10.0. The predicted octanol–water partition coefficient (Wildman–Crippen LogP) is 4.31. The fourth-order valence-electron chi connectivity index (χ4n) is 3.50. The number of hydrogen-bond acceptors (Lipinski definition) is 2. The van der Waals surface area contributed by atoms with Gasteiger partial charge in [0, 0.05) is 46.7 Å².